The Morgan fingerprint density at radius 1 is 1.14 bits per heavy atom. The molecule has 22 heavy (non-hydrogen) atoms. The van der Waals surface area contributed by atoms with Gasteiger partial charge >= 0.3 is 0 Å². The highest BCUT2D eigenvalue weighted by molar-refractivity contribution is 7.89. The van der Waals surface area contributed by atoms with Crippen LogP contribution < -0.4 is 0 Å². The third-order valence-corrected chi connectivity index (χ3v) is 8.28. The minimum Gasteiger partial charge on any atom is -0.212 e. The van der Waals surface area contributed by atoms with Crippen LogP contribution in [-0.4, -0.2) is 24.8 Å². The molecule has 0 amide bonds. The van der Waals surface area contributed by atoms with Gasteiger partial charge < -0.3 is 0 Å². The predicted molar refractivity (Wildman–Crippen MR) is 90.1 cm³/mol. The van der Waals surface area contributed by atoms with Crippen LogP contribution in [0.1, 0.15) is 63.2 Å². The lowest BCUT2D eigenvalue weighted by atomic mass is 9.70. The first-order valence-electron chi connectivity index (χ1n) is 8.53. The van der Waals surface area contributed by atoms with Gasteiger partial charge in [-0.3, -0.25) is 0 Å². The first-order chi connectivity index (χ1) is 10.5. The molecule has 0 aromatic heterocycles. The SMILES string of the molecule is CC(c1ccccc1)S(=O)(=O)N1CCC1(C)C1CCCCC1. The highest BCUT2D eigenvalue weighted by atomic mass is 32.2. The van der Waals surface area contributed by atoms with Crippen LogP contribution in [0, 0.1) is 5.92 Å². The van der Waals surface area contributed by atoms with Crippen LogP contribution in [0.3, 0.4) is 0 Å². The summed E-state index contributed by atoms with van der Waals surface area (Å²) >= 11 is 0. The van der Waals surface area contributed by atoms with Crippen LogP contribution >= 0.6 is 0 Å². The van der Waals surface area contributed by atoms with Crippen molar-refractivity contribution in [2.45, 2.75) is 63.2 Å². The fourth-order valence-corrected chi connectivity index (χ4v) is 6.24. The van der Waals surface area contributed by atoms with Crippen molar-refractivity contribution in [1.29, 1.82) is 0 Å². The van der Waals surface area contributed by atoms with Crippen molar-refractivity contribution in [3.63, 3.8) is 0 Å². The van der Waals surface area contributed by atoms with Crippen molar-refractivity contribution in [3.05, 3.63) is 35.9 Å². The molecule has 1 saturated carbocycles. The van der Waals surface area contributed by atoms with Crippen LogP contribution in [0.25, 0.3) is 0 Å². The minimum absolute atomic E-state index is 0.151. The Morgan fingerprint density at radius 2 is 1.77 bits per heavy atom. The number of hydrogen-bond donors (Lipinski definition) is 0. The van der Waals surface area contributed by atoms with Crippen molar-refractivity contribution >= 4 is 10.0 Å². The Bertz CT molecular complexity index is 607. The van der Waals surface area contributed by atoms with Gasteiger partial charge in [-0.1, -0.05) is 49.6 Å². The average molecular weight is 321 g/mol. The Kier molecular flexibility index (Phi) is 4.34. The molecule has 1 aliphatic heterocycles. The zero-order chi connectivity index (χ0) is 15.8. The van der Waals surface area contributed by atoms with Gasteiger partial charge in [0.15, 0.2) is 0 Å². The first-order valence-corrected chi connectivity index (χ1v) is 10.0. The molecule has 1 aliphatic carbocycles. The van der Waals surface area contributed by atoms with Crippen LogP contribution in [-0.2, 0) is 10.0 Å². The molecule has 2 aliphatic rings. The molecule has 4 heteroatoms. The Labute approximate surface area is 134 Å². The number of hydrogen-bond acceptors (Lipinski definition) is 2. The lowest BCUT2D eigenvalue weighted by molar-refractivity contribution is 0.0108. The van der Waals surface area contributed by atoms with Gasteiger partial charge in [0.1, 0.15) is 0 Å². The van der Waals surface area contributed by atoms with Gasteiger partial charge in [0.05, 0.1) is 5.25 Å². The quantitative estimate of drug-likeness (QED) is 0.836. The van der Waals surface area contributed by atoms with Crippen molar-refractivity contribution in [2.24, 2.45) is 5.92 Å². The predicted octanol–water partition coefficient (Wildman–Crippen LogP) is 4.12. The second kappa shape index (κ2) is 5.97. The van der Waals surface area contributed by atoms with E-state index in [2.05, 4.69) is 6.92 Å². The zero-order valence-electron chi connectivity index (χ0n) is 13.7. The van der Waals surface area contributed by atoms with E-state index in [0.29, 0.717) is 12.5 Å². The lowest BCUT2D eigenvalue weighted by Gasteiger charge is -2.55. The van der Waals surface area contributed by atoms with E-state index in [1.165, 1.54) is 32.1 Å². The Morgan fingerprint density at radius 3 is 2.32 bits per heavy atom. The summed E-state index contributed by atoms with van der Waals surface area (Å²) in [6, 6.07) is 9.59. The van der Waals surface area contributed by atoms with Crippen molar-refractivity contribution in [2.75, 3.05) is 6.54 Å². The highest BCUT2D eigenvalue weighted by Crippen LogP contribution is 2.47. The molecule has 0 spiro atoms. The molecule has 2 unspecified atom stereocenters. The highest BCUT2D eigenvalue weighted by Gasteiger charge is 2.53. The van der Waals surface area contributed by atoms with E-state index in [0.717, 1.165) is 12.0 Å². The summed E-state index contributed by atoms with van der Waals surface area (Å²) in [6.07, 6.45) is 7.19. The van der Waals surface area contributed by atoms with Crippen molar-refractivity contribution in [1.82, 2.24) is 4.31 Å². The molecule has 0 N–H and O–H groups in total. The third kappa shape index (κ3) is 2.61. The molecule has 2 fully saturated rings. The maximum Gasteiger partial charge on any atom is 0.221 e. The molecule has 0 bridgehead atoms. The molecular formula is C18H27NO2S. The van der Waals surface area contributed by atoms with Crippen LogP contribution in [0.4, 0.5) is 0 Å². The topological polar surface area (TPSA) is 37.4 Å². The minimum atomic E-state index is -3.28. The first kappa shape index (κ1) is 16.0. The number of sulfonamides is 1. The maximum absolute atomic E-state index is 13.1. The van der Waals surface area contributed by atoms with Crippen LogP contribution in [0.5, 0.6) is 0 Å². The summed E-state index contributed by atoms with van der Waals surface area (Å²) in [4.78, 5) is 0. The third-order valence-electron chi connectivity index (χ3n) is 5.90. The summed E-state index contributed by atoms with van der Waals surface area (Å²) < 4.78 is 28.0. The van der Waals surface area contributed by atoms with Gasteiger partial charge in [-0.05, 0) is 44.6 Å². The molecule has 3 rings (SSSR count). The van der Waals surface area contributed by atoms with Crippen LogP contribution in [0.2, 0.25) is 0 Å². The van der Waals surface area contributed by atoms with Gasteiger partial charge in [0.2, 0.25) is 10.0 Å². The summed E-state index contributed by atoms with van der Waals surface area (Å²) in [6.45, 7) is 4.68. The van der Waals surface area contributed by atoms with E-state index >= 15 is 0 Å². The van der Waals surface area contributed by atoms with Gasteiger partial charge in [-0.15, -0.1) is 0 Å². The Hall–Kier alpha value is -0.870. The Balaban J connectivity index is 1.83. The van der Waals surface area contributed by atoms with E-state index in [-0.39, 0.29) is 5.54 Å². The van der Waals surface area contributed by atoms with E-state index in [9.17, 15) is 8.42 Å². The van der Waals surface area contributed by atoms with E-state index in [1.54, 1.807) is 0 Å². The van der Waals surface area contributed by atoms with E-state index in [4.69, 9.17) is 0 Å². The van der Waals surface area contributed by atoms with Gasteiger partial charge in [0.25, 0.3) is 0 Å². The summed E-state index contributed by atoms with van der Waals surface area (Å²) in [5, 5.41) is -0.461. The summed E-state index contributed by atoms with van der Waals surface area (Å²) in [7, 11) is -3.28. The molecule has 2 atom stereocenters. The molecule has 1 aromatic rings. The smallest absolute Gasteiger partial charge is 0.212 e. The van der Waals surface area contributed by atoms with E-state index in [1.807, 2.05) is 41.6 Å². The fraction of sp³-hybridized carbons (Fsp3) is 0.667. The van der Waals surface area contributed by atoms with Gasteiger partial charge in [-0.2, -0.15) is 4.31 Å². The van der Waals surface area contributed by atoms with Crippen LogP contribution in [0.15, 0.2) is 30.3 Å². The maximum atomic E-state index is 13.1. The van der Waals surface area contributed by atoms with Crippen molar-refractivity contribution < 1.29 is 8.42 Å². The number of benzene rings is 1. The molecule has 0 radical (unpaired) electrons. The van der Waals surface area contributed by atoms with Crippen molar-refractivity contribution in [3.8, 4) is 0 Å². The molecular weight excluding hydrogens is 294 g/mol. The second-order valence-electron chi connectivity index (χ2n) is 7.11. The zero-order valence-corrected chi connectivity index (χ0v) is 14.5. The van der Waals surface area contributed by atoms with Gasteiger partial charge in [-0.25, -0.2) is 8.42 Å². The van der Waals surface area contributed by atoms with E-state index < -0.39 is 15.3 Å². The van der Waals surface area contributed by atoms with Gasteiger partial charge in [0, 0.05) is 12.1 Å². The molecule has 1 saturated heterocycles. The molecule has 1 aromatic carbocycles. The number of rotatable bonds is 4. The summed E-state index contributed by atoms with van der Waals surface area (Å²) in [5.74, 6) is 0.535. The molecule has 3 nitrogen and oxygen atoms in total. The molecule has 1 heterocycles. The average Bonchev–Trinajstić information content (AvgIpc) is 2.53. The lowest BCUT2D eigenvalue weighted by Crippen LogP contribution is -2.64. The molecule has 122 valence electrons. The number of nitrogens with zero attached hydrogens (tertiary/aromatic N) is 1. The fourth-order valence-electron chi connectivity index (χ4n) is 4.19. The monoisotopic (exact) mass is 321 g/mol. The second-order valence-corrected chi connectivity index (χ2v) is 9.29. The summed E-state index contributed by atoms with van der Waals surface area (Å²) in [5.41, 5.74) is 0.739. The largest absolute Gasteiger partial charge is 0.221 e. The standard InChI is InChI=1S/C18H27NO2S/c1-15(16-9-5-3-6-10-16)22(20,21)19-14-13-18(19,2)17-11-7-4-8-12-17/h3,5-6,9-10,15,17H,4,7-8,11-14H2,1-2H3. The normalized spacial score (nSPS) is 29.0.